The second-order valence-electron chi connectivity index (χ2n) is 5.61. The van der Waals surface area contributed by atoms with E-state index >= 15 is 0 Å². The highest BCUT2D eigenvalue weighted by Gasteiger charge is 2.23. The Bertz CT molecular complexity index is 976. The number of aromatic amines is 1. The van der Waals surface area contributed by atoms with Crippen LogP contribution in [0.1, 0.15) is 16.7 Å². The fourth-order valence-electron chi connectivity index (χ4n) is 2.76. The molecule has 0 radical (unpaired) electrons. The van der Waals surface area contributed by atoms with Gasteiger partial charge in [-0.25, -0.2) is 0 Å². The van der Waals surface area contributed by atoms with Gasteiger partial charge in [-0.2, -0.15) is 4.98 Å². The molecule has 0 fully saturated rings. The van der Waals surface area contributed by atoms with Crippen molar-refractivity contribution in [2.45, 2.75) is 13.3 Å². The SMILES string of the molecule is Cc1ccc2c(c1)Cc1c(nc(-c3ccccc3O)[nH]c1=O)O2. The molecule has 5 nitrogen and oxygen atoms in total. The normalized spacial score (nSPS) is 12.2. The van der Waals surface area contributed by atoms with Gasteiger partial charge in [0, 0.05) is 6.42 Å². The quantitative estimate of drug-likeness (QED) is 0.566. The smallest absolute Gasteiger partial charge is 0.258 e. The lowest BCUT2D eigenvalue weighted by Crippen LogP contribution is -2.20. The maximum absolute atomic E-state index is 12.4. The van der Waals surface area contributed by atoms with Crippen LogP contribution in [0.15, 0.2) is 47.3 Å². The van der Waals surface area contributed by atoms with Crippen LogP contribution < -0.4 is 10.3 Å². The van der Waals surface area contributed by atoms with Crippen LogP contribution in [-0.4, -0.2) is 15.1 Å². The minimum atomic E-state index is -0.250. The molecule has 0 saturated heterocycles. The number of para-hydroxylation sites is 1. The molecule has 0 bridgehead atoms. The minimum Gasteiger partial charge on any atom is -0.507 e. The summed E-state index contributed by atoms with van der Waals surface area (Å²) < 4.78 is 5.80. The molecule has 4 rings (SSSR count). The van der Waals surface area contributed by atoms with Crippen LogP contribution in [0, 0.1) is 6.92 Å². The molecular weight excluding hydrogens is 292 g/mol. The van der Waals surface area contributed by atoms with E-state index in [1.807, 2.05) is 25.1 Å². The molecule has 0 aliphatic carbocycles. The van der Waals surface area contributed by atoms with Crippen molar-refractivity contribution in [3.8, 4) is 28.8 Å². The van der Waals surface area contributed by atoms with Crippen LogP contribution in [0.25, 0.3) is 11.4 Å². The number of ether oxygens (including phenoxy) is 1. The summed E-state index contributed by atoms with van der Waals surface area (Å²) in [7, 11) is 0. The average molecular weight is 306 g/mol. The van der Waals surface area contributed by atoms with E-state index in [0.717, 1.165) is 11.1 Å². The number of H-pyrrole nitrogens is 1. The van der Waals surface area contributed by atoms with Gasteiger partial charge in [-0.1, -0.05) is 29.8 Å². The van der Waals surface area contributed by atoms with Crippen molar-refractivity contribution < 1.29 is 9.84 Å². The second-order valence-corrected chi connectivity index (χ2v) is 5.61. The summed E-state index contributed by atoms with van der Waals surface area (Å²) in [5, 5.41) is 9.94. The third-order valence-corrected chi connectivity index (χ3v) is 3.93. The zero-order valence-electron chi connectivity index (χ0n) is 12.5. The number of nitrogens with zero attached hydrogens (tertiary/aromatic N) is 1. The molecule has 3 aromatic rings. The van der Waals surface area contributed by atoms with E-state index in [2.05, 4.69) is 9.97 Å². The first-order chi connectivity index (χ1) is 11.1. The van der Waals surface area contributed by atoms with Crippen molar-refractivity contribution in [3.63, 3.8) is 0 Å². The third-order valence-electron chi connectivity index (χ3n) is 3.93. The lowest BCUT2D eigenvalue weighted by molar-refractivity contribution is 0.437. The Balaban J connectivity index is 1.85. The van der Waals surface area contributed by atoms with Crippen molar-refractivity contribution in [1.82, 2.24) is 9.97 Å². The van der Waals surface area contributed by atoms with Crippen LogP contribution >= 0.6 is 0 Å². The molecule has 23 heavy (non-hydrogen) atoms. The Morgan fingerprint density at radius 3 is 2.87 bits per heavy atom. The molecule has 114 valence electrons. The van der Waals surface area contributed by atoms with Gasteiger partial charge in [0.15, 0.2) is 0 Å². The lowest BCUT2D eigenvalue weighted by atomic mass is 10.0. The van der Waals surface area contributed by atoms with Gasteiger partial charge in [0.2, 0.25) is 5.88 Å². The van der Waals surface area contributed by atoms with Crippen molar-refractivity contribution in [2.75, 3.05) is 0 Å². The van der Waals surface area contributed by atoms with Gasteiger partial charge in [-0.15, -0.1) is 0 Å². The molecule has 2 heterocycles. The lowest BCUT2D eigenvalue weighted by Gasteiger charge is -2.19. The number of benzene rings is 2. The Morgan fingerprint density at radius 2 is 2.04 bits per heavy atom. The van der Waals surface area contributed by atoms with Crippen molar-refractivity contribution in [1.29, 1.82) is 0 Å². The third kappa shape index (κ3) is 2.26. The monoisotopic (exact) mass is 306 g/mol. The molecule has 0 saturated carbocycles. The number of phenolic OH excluding ortho intramolecular Hbond substituents is 1. The van der Waals surface area contributed by atoms with Gasteiger partial charge in [0.25, 0.3) is 5.56 Å². The predicted molar refractivity (Wildman–Crippen MR) is 86.0 cm³/mol. The highest BCUT2D eigenvalue weighted by atomic mass is 16.5. The van der Waals surface area contributed by atoms with E-state index in [9.17, 15) is 9.90 Å². The highest BCUT2D eigenvalue weighted by Crippen LogP contribution is 2.35. The summed E-state index contributed by atoms with van der Waals surface area (Å²) in [4.78, 5) is 19.5. The van der Waals surface area contributed by atoms with Crippen LogP contribution in [0.4, 0.5) is 0 Å². The maximum atomic E-state index is 12.4. The summed E-state index contributed by atoms with van der Waals surface area (Å²) in [5.41, 5.74) is 2.81. The van der Waals surface area contributed by atoms with E-state index in [4.69, 9.17) is 4.74 Å². The number of phenols is 1. The molecule has 2 N–H and O–H groups in total. The van der Waals surface area contributed by atoms with Crippen LogP contribution in [0.3, 0.4) is 0 Å². The fraction of sp³-hybridized carbons (Fsp3) is 0.111. The second kappa shape index (κ2) is 4.98. The van der Waals surface area contributed by atoms with Crippen LogP contribution in [0.2, 0.25) is 0 Å². The van der Waals surface area contributed by atoms with Crippen molar-refractivity contribution in [3.05, 3.63) is 69.5 Å². The van der Waals surface area contributed by atoms with Crippen LogP contribution in [-0.2, 0) is 6.42 Å². The van der Waals surface area contributed by atoms with Gasteiger partial charge < -0.3 is 14.8 Å². The number of aromatic hydroxyl groups is 1. The van der Waals surface area contributed by atoms with E-state index in [0.29, 0.717) is 35.0 Å². The number of rotatable bonds is 1. The summed E-state index contributed by atoms with van der Waals surface area (Å²) in [6.07, 6.45) is 0.482. The van der Waals surface area contributed by atoms with Gasteiger partial charge in [-0.05, 0) is 30.7 Å². The molecule has 1 aromatic heterocycles. The molecule has 0 spiro atoms. The number of nitrogens with one attached hydrogen (secondary N) is 1. The molecule has 1 aliphatic heterocycles. The average Bonchev–Trinajstić information content (AvgIpc) is 2.54. The molecular formula is C18H14N2O3. The Hall–Kier alpha value is -3.08. The van der Waals surface area contributed by atoms with E-state index in [1.165, 1.54) is 0 Å². The van der Waals surface area contributed by atoms with Gasteiger partial charge in [0.1, 0.15) is 17.3 Å². The number of hydrogen-bond donors (Lipinski definition) is 2. The molecule has 2 aromatic carbocycles. The number of hydrogen-bond acceptors (Lipinski definition) is 4. The fourth-order valence-corrected chi connectivity index (χ4v) is 2.76. The summed E-state index contributed by atoms with van der Waals surface area (Å²) in [6.45, 7) is 2.00. The number of fused-ring (bicyclic) bond motifs is 2. The first-order valence-corrected chi connectivity index (χ1v) is 7.31. The number of aryl methyl sites for hydroxylation is 1. The Morgan fingerprint density at radius 1 is 1.22 bits per heavy atom. The number of aromatic nitrogens is 2. The molecule has 0 atom stereocenters. The first kappa shape index (κ1) is 13.6. The molecule has 5 heteroatoms. The Labute approximate surface area is 132 Å². The zero-order valence-corrected chi connectivity index (χ0v) is 12.5. The first-order valence-electron chi connectivity index (χ1n) is 7.31. The summed E-state index contributed by atoms with van der Waals surface area (Å²) in [6, 6.07) is 12.6. The van der Waals surface area contributed by atoms with Gasteiger partial charge in [-0.3, -0.25) is 4.79 Å². The van der Waals surface area contributed by atoms with E-state index in [1.54, 1.807) is 24.3 Å². The van der Waals surface area contributed by atoms with Gasteiger partial charge in [0.05, 0.1) is 11.1 Å². The summed E-state index contributed by atoms with van der Waals surface area (Å²) in [5.74, 6) is 1.36. The van der Waals surface area contributed by atoms with E-state index in [-0.39, 0.29) is 11.3 Å². The summed E-state index contributed by atoms with van der Waals surface area (Å²) >= 11 is 0. The molecule has 0 amide bonds. The van der Waals surface area contributed by atoms with E-state index < -0.39 is 0 Å². The maximum Gasteiger partial charge on any atom is 0.258 e. The van der Waals surface area contributed by atoms with Crippen LogP contribution in [0.5, 0.6) is 17.4 Å². The van der Waals surface area contributed by atoms with Crippen molar-refractivity contribution >= 4 is 0 Å². The zero-order chi connectivity index (χ0) is 16.0. The van der Waals surface area contributed by atoms with Crippen molar-refractivity contribution in [2.24, 2.45) is 0 Å². The minimum absolute atomic E-state index is 0.0578. The molecule has 1 aliphatic rings. The predicted octanol–water partition coefficient (Wildman–Crippen LogP) is 3.15. The Kier molecular flexibility index (Phi) is 2.94. The molecule has 0 unspecified atom stereocenters. The standard InChI is InChI=1S/C18H14N2O3/c1-10-6-7-15-11(8-10)9-13-17(22)19-16(20-18(13)23-15)12-4-2-3-5-14(12)21/h2-8,21H,9H2,1H3,(H,19,20,22). The van der Waals surface area contributed by atoms with Gasteiger partial charge >= 0.3 is 0 Å². The highest BCUT2D eigenvalue weighted by molar-refractivity contribution is 5.64. The largest absolute Gasteiger partial charge is 0.507 e. The topological polar surface area (TPSA) is 75.2 Å².